The van der Waals surface area contributed by atoms with Gasteiger partial charge in [0, 0.05) is 58.7 Å². The van der Waals surface area contributed by atoms with Crippen LogP contribution in [0.2, 0.25) is 0 Å². The molecule has 13 nitrogen and oxygen atoms in total. The number of hydrogen-bond acceptors (Lipinski definition) is 10. The van der Waals surface area contributed by atoms with Crippen LogP contribution in [0.15, 0.2) is 42.5 Å². The Balaban J connectivity index is 1.55. The Hall–Kier alpha value is -4.10. The molecule has 2 heterocycles. The van der Waals surface area contributed by atoms with Crippen LogP contribution in [0, 0.1) is 10.1 Å². The van der Waals surface area contributed by atoms with E-state index in [0.717, 1.165) is 47.8 Å². The van der Waals surface area contributed by atoms with Crippen molar-refractivity contribution in [3.8, 4) is 11.5 Å². The fourth-order valence-electron chi connectivity index (χ4n) is 5.98. The van der Waals surface area contributed by atoms with E-state index in [2.05, 4.69) is 21.1 Å². The molecule has 1 N–H and O–H groups in total. The van der Waals surface area contributed by atoms with Crippen molar-refractivity contribution in [2.45, 2.75) is 56.8 Å². The standard InChI is InChI=1S/C32H44N4O9/c1-33-31(37)20-25-19-27(24-8-10-26(42-3)11-9-24)30(21-35(25)32(38)6-4-16-45-36(39)40)44-22-23-7-12-29-28(18-23)34(14-17-43-29)13-5-15-41-2/h7-12,18,25,27,30H,4-6,13-17,19-22H2,1-3H3,(H,33,37). The van der Waals surface area contributed by atoms with Crippen LogP contribution >= 0.6 is 0 Å². The average molecular weight is 629 g/mol. The van der Waals surface area contributed by atoms with Crippen LogP contribution in [-0.4, -0.2) is 94.7 Å². The van der Waals surface area contributed by atoms with Gasteiger partial charge in [-0.3, -0.25) is 9.59 Å². The first kappa shape index (κ1) is 33.8. The summed E-state index contributed by atoms with van der Waals surface area (Å²) in [4.78, 5) is 44.9. The van der Waals surface area contributed by atoms with E-state index in [1.54, 1.807) is 26.2 Å². The molecule has 1 saturated heterocycles. The van der Waals surface area contributed by atoms with E-state index in [1.807, 2.05) is 36.4 Å². The Kier molecular flexibility index (Phi) is 12.6. The predicted molar refractivity (Wildman–Crippen MR) is 166 cm³/mol. The maximum absolute atomic E-state index is 13.4. The van der Waals surface area contributed by atoms with Crippen molar-refractivity contribution >= 4 is 17.5 Å². The number of rotatable bonds is 16. The van der Waals surface area contributed by atoms with E-state index < -0.39 is 5.09 Å². The van der Waals surface area contributed by atoms with E-state index in [4.69, 9.17) is 18.9 Å². The largest absolute Gasteiger partial charge is 0.497 e. The first-order chi connectivity index (χ1) is 21.8. The molecular weight excluding hydrogens is 584 g/mol. The summed E-state index contributed by atoms with van der Waals surface area (Å²) in [5.74, 6) is 1.10. The predicted octanol–water partition coefficient (Wildman–Crippen LogP) is 3.33. The zero-order valence-corrected chi connectivity index (χ0v) is 26.3. The van der Waals surface area contributed by atoms with Crippen molar-refractivity contribution in [2.75, 3.05) is 65.6 Å². The second-order valence-corrected chi connectivity index (χ2v) is 11.2. The summed E-state index contributed by atoms with van der Waals surface area (Å²) in [5.41, 5.74) is 3.03. The van der Waals surface area contributed by atoms with Crippen molar-refractivity contribution < 1.29 is 38.5 Å². The molecule has 2 aromatic rings. The number of benzene rings is 2. The zero-order valence-electron chi connectivity index (χ0n) is 26.3. The third kappa shape index (κ3) is 9.44. The Morgan fingerprint density at radius 3 is 2.62 bits per heavy atom. The quantitative estimate of drug-likeness (QED) is 0.167. The topological polar surface area (TPSA) is 142 Å². The maximum Gasteiger partial charge on any atom is 0.294 e. The molecule has 2 aromatic carbocycles. The molecule has 3 atom stereocenters. The van der Waals surface area contributed by atoms with E-state index >= 15 is 0 Å². The molecule has 0 aliphatic carbocycles. The van der Waals surface area contributed by atoms with Gasteiger partial charge in [0.2, 0.25) is 11.8 Å². The molecule has 2 aliphatic heterocycles. The molecule has 3 unspecified atom stereocenters. The number of carbonyl (C=O) groups is 2. The van der Waals surface area contributed by atoms with Crippen LogP contribution in [0.1, 0.15) is 49.1 Å². The molecule has 0 aromatic heterocycles. The Morgan fingerprint density at radius 2 is 1.91 bits per heavy atom. The second-order valence-electron chi connectivity index (χ2n) is 11.2. The van der Waals surface area contributed by atoms with Gasteiger partial charge < -0.3 is 38.9 Å². The monoisotopic (exact) mass is 628 g/mol. The first-order valence-corrected chi connectivity index (χ1v) is 15.4. The lowest BCUT2D eigenvalue weighted by atomic mass is 9.81. The molecule has 1 fully saturated rings. The summed E-state index contributed by atoms with van der Waals surface area (Å²) in [6.45, 7) is 3.36. The number of nitrogens with one attached hydrogen (secondary N) is 1. The van der Waals surface area contributed by atoms with E-state index in [1.165, 1.54) is 0 Å². The number of hydrogen-bond donors (Lipinski definition) is 1. The third-order valence-corrected chi connectivity index (χ3v) is 8.31. The molecule has 246 valence electrons. The summed E-state index contributed by atoms with van der Waals surface area (Å²) in [6, 6.07) is 13.5. The zero-order chi connectivity index (χ0) is 32.2. The summed E-state index contributed by atoms with van der Waals surface area (Å²) < 4.78 is 23.1. The molecule has 0 spiro atoms. The summed E-state index contributed by atoms with van der Waals surface area (Å²) in [6.07, 6.45) is 1.42. The van der Waals surface area contributed by atoms with Gasteiger partial charge in [0.1, 0.15) is 18.1 Å². The number of likely N-dealkylation sites (tertiary alicyclic amines) is 1. The normalized spacial score (nSPS) is 19.3. The Bertz CT molecular complexity index is 1280. The number of methoxy groups -OCH3 is 2. The maximum atomic E-state index is 13.4. The Labute approximate surface area is 263 Å². The number of piperidine rings is 1. The van der Waals surface area contributed by atoms with Crippen LogP contribution in [-0.2, 0) is 30.5 Å². The fraction of sp³-hybridized carbons (Fsp3) is 0.562. The van der Waals surface area contributed by atoms with E-state index in [9.17, 15) is 19.7 Å². The lowest BCUT2D eigenvalue weighted by molar-refractivity contribution is -0.757. The van der Waals surface area contributed by atoms with Gasteiger partial charge in [0.05, 0.1) is 38.7 Å². The van der Waals surface area contributed by atoms with Gasteiger partial charge in [0.15, 0.2) is 0 Å². The second kappa shape index (κ2) is 16.8. The van der Waals surface area contributed by atoms with Crippen LogP contribution in [0.25, 0.3) is 0 Å². The number of carbonyl (C=O) groups excluding carboxylic acids is 2. The average Bonchev–Trinajstić information content (AvgIpc) is 3.05. The van der Waals surface area contributed by atoms with Crippen molar-refractivity contribution in [1.29, 1.82) is 0 Å². The lowest BCUT2D eigenvalue weighted by Gasteiger charge is -2.44. The molecule has 2 aliphatic rings. The minimum Gasteiger partial charge on any atom is -0.497 e. The summed E-state index contributed by atoms with van der Waals surface area (Å²) >= 11 is 0. The van der Waals surface area contributed by atoms with Gasteiger partial charge in [-0.15, -0.1) is 10.1 Å². The molecule has 0 radical (unpaired) electrons. The summed E-state index contributed by atoms with van der Waals surface area (Å²) in [5, 5.41) is 12.4. The number of nitrogens with zero attached hydrogens (tertiary/aromatic N) is 3. The van der Waals surface area contributed by atoms with Gasteiger partial charge in [-0.2, -0.15) is 0 Å². The van der Waals surface area contributed by atoms with Crippen LogP contribution in [0.5, 0.6) is 11.5 Å². The van der Waals surface area contributed by atoms with Gasteiger partial charge in [-0.1, -0.05) is 18.2 Å². The van der Waals surface area contributed by atoms with Crippen molar-refractivity contribution in [1.82, 2.24) is 10.2 Å². The van der Waals surface area contributed by atoms with Crippen LogP contribution < -0.4 is 19.7 Å². The molecular formula is C32H44N4O9. The molecule has 0 saturated carbocycles. The number of fused-ring (bicyclic) bond motifs is 1. The number of ether oxygens (including phenoxy) is 4. The van der Waals surface area contributed by atoms with Gasteiger partial charge >= 0.3 is 0 Å². The smallest absolute Gasteiger partial charge is 0.294 e. The van der Waals surface area contributed by atoms with E-state index in [0.29, 0.717) is 26.2 Å². The Morgan fingerprint density at radius 1 is 1.11 bits per heavy atom. The van der Waals surface area contributed by atoms with E-state index in [-0.39, 0.29) is 62.3 Å². The SMILES string of the molecule is CNC(=O)CC1CC(c2ccc(OC)cc2)C(OCc2ccc3c(c2)N(CCCOC)CCO3)CN1C(=O)CCCO[N+](=O)[O-]. The highest BCUT2D eigenvalue weighted by Gasteiger charge is 2.40. The third-order valence-electron chi connectivity index (χ3n) is 8.31. The van der Waals surface area contributed by atoms with Gasteiger partial charge in [0.25, 0.3) is 5.09 Å². The number of amides is 2. The highest BCUT2D eigenvalue weighted by atomic mass is 16.9. The van der Waals surface area contributed by atoms with Crippen molar-refractivity contribution in [2.24, 2.45) is 0 Å². The summed E-state index contributed by atoms with van der Waals surface area (Å²) in [7, 11) is 4.89. The van der Waals surface area contributed by atoms with Gasteiger partial charge in [-0.25, -0.2) is 0 Å². The number of anilines is 1. The highest BCUT2D eigenvalue weighted by molar-refractivity contribution is 5.80. The minimum atomic E-state index is -0.866. The lowest BCUT2D eigenvalue weighted by Crippen LogP contribution is -2.53. The molecule has 2 amide bonds. The van der Waals surface area contributed by atoms with Gasteiger partial charge in [-0.05, 0) is 54.7 Å². The molecule has 4 rings (SSSR count). The van der Waals surface area contributed by atoms with Crippen molar-refractivity contribution in [3.63, 3.8) is 0 Å². The first-order valence-electron chi connectivity index (χ1n) is 15.4. The molecule has 13 heteroatoms. The molecule has 0 bridgehead atoms. The van der Waals surface area contributed by atoms with Crippen LogP contribution in [0.4, 0.5) is 5.69 Å². The minimum absolute atomic E-state index is 0.0573. The fourth-order valence-corrected chi connectivity index (χ4v) is 5.98. The molecule has 45 heavy (non-hydrogen) atoms. The van der Waals surface area contributed by atoms with Crippen molar-refractivity contribution in [3.05, 3.63) is 63.7 Å². The van der Waals surface area contributed by atoms with Crippen LogP contribution in [0.3, 0.4) is 0 Å². The highest BCUT2D eigenvalue weighted by Crippen LogP contribution is 2.38.